The van der Waals surface area contributed by atoms with E-state index in [4.69, 9.17) is 5.73 Å². The molecule has 0 bridgehead atoms. The lowest BCUT2D eigenvalue weighted by molar-refractivity contribution is -0.115. The van der Waals surface area contributed by atoms with Crippen LogP contribution in [0.1, 0.15) is 5.56 Å². The lowest BCUT2D eigenvalue weighted by Crippen LogP contribution is -2.16. The molecule has 104 valence electrons. The van der Waals surface area contributed by atoms with E-state index in [1.165, 1.54) is 24.3 Å². The first-order valence-corrected chi connectivity index (χ1v) is 5.75. The SMILES string of the molecule is Nc1ccc(F)c(NC(=O)Cc2cccc(F)c2F)c1. The highest BCUT2D eigenvalue weighted by Crippen LogP contribution is 2.18. The summed E-state index contributed by atoms with van der Waals surface area (Å²) in [6.07, 6.45) is -0.405. The molecule has 0 fully saturated rings. The van der Waals surface area contributed by atoms with Crippen LogP contribution in [-0.2, 0) is 11.2 Å². The second-order valence-electron chi connectivity index (χ2n) is 4.18. The zero-order chi connectivity index (χ0) is 14.7. The Bertz CT molecular complexity index is 653. The number of rotatable bonds is 3. The first-order valence-electron chi connectivity index (χ1n) is 5.75. The Labute approximate surface area is 113 Å². The molecule has 0 aromatic heterocycles. The minimum Gasteiger partial charge on any atom is -0.399 e. The second kappa shape index (κ2) is 5.64. The minimum absolute atomic E-state index is 0.105. The molecule has 0 aliphatic carbocycles. The van der Waals surface area contributed by atoms with Crippen LogP contribution < -0.4 is 11.1 Å². The van der Waals surface area contributed by atoms with Crippen molar-refractivity contribution in [3.05, 3.63) is 59.4 Å². The largest absolute Gasteiger partial charge is 0.399 e. The number of carbonyl (C=O) groups excluding carboxylic acids is 1. The second-order valence-corrected chi connectivity index (χ2v) is 4.18. The van der Waals surface area contributed by atoms with Gasteiger partial charge in [-0.15, -0.1) is 0 Å². The fourth-order valence-electron chi connectivity index (χ4n) is 1.69. The Kier molecular flexibility index (Phi) is 3.93. The normalized spacial score (nSPS) is 10.3. The van der Waals surface area contributed by atoms with Gasteiger partial charge in [-0.3, -0.25) is 4.79 Å². The Morgan fingerprint density at radius 2 is 1.85 bits per heavy atom. The summed E-state index contributed by atoms with van der Waals surface area (Å²) in [5, 5.41) is 2.26. The fraction of sp³-hybridized carbons (Fsp3) is 0.0714. The average Bonchev–Trinajstić information content (AvgIpc) is 2.39. The summed E-state index contributed by atoms with van der Waals surface area (Å²) in [6.45, 7) is 0. The summed E-state index contributed by atoms with van der Waals surface area (Å²) < 4.78 is 39.8. The lowest BCUT2D eigenvalue weighted by Gasteiger charge is -2.08. The molecule has 1 amide bonds. The summed E-state index contributed by atoms with van der Waals surface area (Å²) in [5.41, 5.74) is 5.54. The maximum Gasteiger partial charge on any atom is 0.228 e. The first-order chi connectivity index (χ1) is 9.47. The summed E-state index contributed by atoms with van der Waals surface area (Å²) >= 11 is 0. The molecule has 2 rings (SSSR count). The number of carbonyl (C=O) groups is 1. The van der Waals surface area contributed by atoms with Crippen molar-refractivity contribution < 1.29 is 18.0 Å². The third kappa shape index (κ3) is 3.09. The van der Waals surface area contributed by atoms with Crippen LogP contribution in [0.5, 0.6) is 0 Å². The van der Waals surface area contributed by atoms with E-state index in [9.17, 15) is 18.0 Å². The highest BCUT2D eigenvalue weighted by Gasteiger charge is 2.13. The Morgan fingerprint density at radius 1 is 1.10 bits per heavy atom. The van der Waals surface area contributed by atoms with Crippen LogP contribution in [0.3, 0.4) is 0 Å². The van der Waals surface area contributed by atoms with E-state index < -0.39 is 29.8 Å². The Balaban J connectivity index is 2.13. The van der Waals surface area contributed by atoms with Gasteiger partial charge in [0.2, 0.25) is 5.91 Å². The molecule has 0 unspecified atom stereocenters. The van der Waals surface area contributed by atoms with Gasteiger partial charge in [0.05, 0.1) is 12.1 Å². The quantitative estimate of drug-likeness (QED) is 0.849. The number of nitrogens with one attached hydrogen (secondary N) is 1. The van der Waals surface area contributed by atoms with Gasteiger partial charge in [-0.2, -0.15) is 0 Å². The van der Waals surface area contributed by atoms with Gasteiger partial charge in [0.25, 0.3) is 0 Å². The van der Waals surface area contributed by atoms with Gasteiger partial charge in [0.1, 0.15) is 5.82 Å². The Hall–Kier alpha value is -2.50. The van der Waals surface area contributed by atoms with Crippen LogP contribution in [0.25, 0.3) is 0 Å². The van der Waals surface area contributed by atoms with Crippen LogP contribution in [-0.4, -0.2) is 5.91 Å². The van der Waals surface area contributed by atoms with Crippen LogP contribution >= 0.6 is 0 Å². The zero-order valence-electron chi connectivity index (χ0n) is 10.3. The summed E-state index contributed by atoms with van der Waals surface area (Å²) in [4.78, 5) is 11.7. The third-order valence-electron chi connectivity index (χ3n) is 2.65. The van der Waals surface area contributed by atoms with E-state index in [1.807, 2.05) is 0 Å². The van der Waals surface area contributed by atoms with Crippen LogP contribution in [0, 0.1) is 17.5 Å². The summed E-state index contributed by atoms with van der Waals surface area (Å²) in [5.74, 6) is -3.45. The lowest BCUT2D eigenvalue weighted by atomic mass is 10.1. The number of amides is 1. The Morgan fingerprint density at radius 3 is 2.60 bits per heavy atom. The molecular weight excluding hydrogens is 269 g/mol. The smallest absolute Gasteiger partial charge is 0.228 e. The minimum atomic E-state index is -1.09. The topological polar surface area (TPSA) is 55.1 Å². The van der Waals surface area contributed by atoms with Crippen molar-refractivity contribution in [3.63, 3.8) is 0 Å². The number of hydrogen-bond donors (Lipinski definition) is 2. The van der Waals surface area contributed by atoms with Gasteiger partial charge in [-0.05, 0) is 24.3 Å². The van der Waals surface area contributed by atoms with Crippen molar-refractivity contribution in [2.24, 2.45) is 0 Å². The van der Waals surface area contributed by atoms with Gasteiger partial charge in [0, 0.05) is 11.3 Å². The molecule has 0 saturated carbocycles. The predicted molar refractivity (Wildman–Crippen MR) is 69.5 cm³/mol. The predicted octanol–water partition coefficient (Wildman–Crippen LogP) is 2.87. The molecule has 20 heavy (non-hydrogen) atoms. The standard InChI is InChI=1S/C14H11F3N2O/c15-10-5-4-9(18)7-12(10)19-13(20)6-8-2-1-3-11(16)14(8)17/h1-5,7H,6,18H2,(H,19,20). The summed E-state index contributed by atoms with van der Waals surface area (Å²) in [6, 6.07) is 7.23. The van der Waals surface area contributed by atoms with Crippen LogP contribution in [0.4, 0.5) is 24.5 Å². The van der Waals surface area contributed by atoms with Gasteiger partial charge in [0.15, 0.2) is 11.6 Å². The molecule has 0 spiro atoms. The van der Waals surface area contributed by atoms with Gasteiger partial charge >= 0.3 is 0 Å². The maximum absolute atomic E-state index is 13.4. The number of halogens is 3. The molecule has 0 aliphatic heterocycles. The van der Waals surface area contributed by atoms with Crippen molar-refractivity contribution >= 4 is 17.3 Å². The number of benzene rings is 2. The van der Waals surface area contributed by atoms with E-state index in [2.05, 4.69) is 5.32 Å². The van der Waals surface area contributed by atoms with Crippen molar-refractivity contribution in [1.29, 1.82) is 0 Å². The molecule has 2 aromatic rings. The monoisotopic (exact) mass is 280 g/mol. The van der Waals surface area contributed by atoms with Crippen molar-refractivity contribution in [2.45, 2.75) is 6.42 Å². The van der Waals surface area contributed by atoms with Gasteiger partial charge < -0.3 is 11.1 Å². The molecule has 3 N–H and O–H groups in total. The molecule has 3 nitrogen and oxygen atoms in total. The van der Waals surface area contributed by atoms with Crippen LogP contribution in [0.15, 0.2) is 36.4 Å². The van der Waals surface area contributed by atoms with Crippen LogP contribution in [0.2, 0.25) is 0 Å². The van der Waals surface area contributed by atoms with Crippen molar-refractivity contribution in [2.75, 3.05) is 11.1 Å². The van der Waals surface area contributed by atoms with E-state index in [1.54, 1.807) is 0 Å². The molecule has 2 aromatic carbocycles. The average molecular weight is 280 g/mol. The molecule has 6 heteroatoms. The number of nitrogens with two attached hydrogens (primary N) is 1. The maximum atomic E-state index is 13.4. The number of hydrogen-bond acceptors (Lipinski definition) is 2. The van der Waals surface area contributed by atoms with Gasteiger partial charge in [-0.1, -0.05) is 12.1 Å². The van der Waals surface area contributed by atoms with E-state index in [-0.39, 0.29) is 16.9 Å². The fourth-order valence-corrected chi connectivity index (χ4v) is 1.69. The van der Waals surface area contributed by atoms with E-state index in [0.717, 1.165) is 12.1 Å². The summed E-state index contributed by atoms with van der Waals surface area (Å²) in [7, 11) is 0. The zero-order valence-corrected chi connectivity index (χ0v) is 10.3. The number of anilines is 2. The highest BCUT2D eigenvalue weighted by atomic mass is 19.2. The van der Waals surface area contributed by atoms with Crippen molar-refractivity contribution in [3.8, 4) is 0 Å². The third-order valence-corrected chi connectivity index (χ3v) is 2.65. The van der Waals surface area contributed by atoms with E-state index >= 15 is 0 Å². The molecule has 0 heterocycles. The highest BCUT2D eigenvalue weighted by molar-refractivity contribution is 5.92. The van der Waals surface area contributed by atoms with E-state index in [0.29, 0.717) is 0 Å². The molecule has 0 saturated heterocycles. The number of nitrogen functional groups attached to an aromatic ring is 1. The molecule has 0 atom stereocenters. The van der Waals surface area contributed by atoms with Gasteiger partial charge in [-0.25, -0.2) is 13.2 Å². The van der Waals surface area contributed by atoms with Crippen molar-refractivity contribution in [1.82, 2.24) is 0 Å². The molecular formula is C14H11F3N2O. The first kappa shape index (κ1) is 13.9. The molecule has 0 aliphatic rings. The molecule has 0 radical (unpaired) electrons.